The van der Waals surface area contributed by atoms with Gasteiger partial charge in [-0.05, 0) is 26.2 Å². The van der Waals surface area contributed by atoms with Gasteiger partial charge in [-0.3, -0.25) is 0 Å². The molecular formula is C15H26N4O. The largest absolute Gasteiger partial charge is 0.396 e. The Morgan fingerprint density at radius 1 is 1.15 bits per heavy atom. The molecule has 0 atom stereocenters. The molecule has 0 aliphatic heterocycles. The zero-order valence-corrected chi connectivity index (χ0v) is 12.6. The van der Waals surface area contributed by atoms with Crippen molar-refractivity contribution in [3.8, 4) is 0 Å². The molecule has 0 unspecified atom stereocenters. The Labute approximate surface area is 121 Å². The summed E-state index contributed by atoms with van der Waals surface area (Å²) >= 11 is 0. The molecule has 0 spiro atoms. The third-order valence-corrected chi connectivity index (χ3v) is 4.27. The highest BCUT2D eigenvalue weighted by atomic mass is 16.3. The van der Waals surface area contributed by atoms with Gasteiger partial charge in [0.2, 0.25) is 0 Å². The van der Waals surface area contributed by atoms with Crippen molar-refractivity contribution in [3.05, 3.63) is 11.9 Å². The van der Waals surface area contributed by atoms with E-state index >= 15 is 0 Å². The molecule has 5 heteroatoms. The van der Waals surface area contributed by atoms with E-state index in [1.54, 1.807) is 6.33 Å². The van der Waals surface area contributed by atoms with Crippen molar-refractivity contribution >= 4 is 11.6 Å². The lowest BCUT2D eigenvalue weighted by Crippen LogP contribution is -2.31. The van der Waals surface area contributed by atoms with Crippen molar-refractivity contribution in [2.45, 2.75) is 46.0 Å². The highest BCUT2D eigenvalue weighted by molar-refractivity contribution is 5.57. The second kappa shape index (κ2) is 6.88. The van der Waals surface area contributed by atoms with Crippen LogP contribution in [0.1, 0.15) is 45.1 Å². The molecule has 0 bridgehead atoms. The lowest BCUT2D eigenvalue weighted by atomic mass is 9.87. The molecule has 0 amide bonds. The number of aromatic nitrogens is 2. The average Bonchev–Trinajstić information content (AvgIpc) is 2.95. The summed E-state index contributed by atoms with van der Waals surface area (Å²) in [7, 11) is 0. The first-order valence-corrected chi connectivity index (χ1v) is 7.67. The van der Waals surface area contributed by atoms with Gasteiger partial charge >= 0.3 is 0 Å². The highest BCUT2D eigenvalue weighted by Gasteiger charge is 2.33. The van der Waals surface area contributed by atoms with Gasteiger partial charge in [0.25, 0.3) is 0 Å². The zero-order chi connectivity index (χ0) is 14.4. The van der Waals surface area contributed by atoms with Gasteiger partial charge in [0.15, 0.2) is 0 Å². The van der Waals surface area contributed by atoms with E-state index in [2.05, 4.69) is 34.4 Å². The van der Waals surface area contributed by atoms with Crippen LogP contribution in [0, 0.1) is 5.41 Å². The van der Waals surface area contributed by atoms with Gasteiger partial charge in [-0.1, -0.05) is 19.8 Å². The summed E-state index contributed by atoms with van der Waals surface area (Å²) in [4.78, 5) is 8.68. The maximum absolute atomic E-state index is 9.67. The molecule has 1 fully saturated rings. The Morgan fingerprint density at radius 3 is 2.35 bits per heavy atom. The average molecular weight is 278 g/mol. The van der Waals surface area contributed by atoms with Crippen LogP contribution in [-0.4, -0.2) is 34.8 Å². The van der Waals surface area contributed by atoms with Crippen molar-refractivity contribution in [3.63, 3.8) is 0 Å². The van der Waals surface area contributed by atoms with Crippen molar-refractivity contribution in [2.75, 3.05) is 30.3 Å². The summed E-state index contributed by atoms with van der Waals surface area (Å²) in [5, 5.41) is 16.4. The van der Waals surface area contributed by atoms with Crippen LogP contribution < -0.4 is 10.6 Å². The Balaban J connectivity index is 2.10. The predicted molar refractivity (Wildman–Crippen MR) is 82.1 cm³/mol. The molecule has 2 rings (SSSR count). The Morgan fingerprint density at radius 2 is 1.80 bits per heavy atom. The van der Waals surface area contributed by atoms with Gasteiger partial charge in [0.05, 0.1) is 6.61 Å². The van der Waals surface area contributed by atoms with Gasteiger partial charge < -0.3 is 15.7 Å². The molecule has 1 aliphatic carbocycles. The van der Waals surface area contributed by atoms with E-state index in [-0.39, 0.29) is 12.0 Å². The van der Waals surface area contributed by atoms with Crippen molar-refractivity contribution in [1.82, 2.24) is 9.97 Å². The number of aliphatic hydroxyl groups is 1. The summed E-state index contributed by atoms with van der Waals surface area (Å²) in [5.41, 5.74) is 1.16. The summed E-state index contributed by atoms with van der Waals surface area (Å²) in [6.07, 6.45) is 7.12. The second-order valence-electron chi connectivity index (χ2n) is 5.65. The quantitative estimate of drug-likeness (QED) is 0.714. The minimum atomic E-state index is 0.0360. The standard InChI is InChI=1S/C15H26N4O/c1-3-12-13(16-4-2)18-11-19-14(12)17-9-15(10-20)7-5-6-8-15/h11,20H,3-10H2,1-2H3,(H2,16,17,18,19). The van der Waals surface area contributed by atoms with Gasteiger partial charge in [-0.2, -0.15) is 0 Å². The molecule has 3 N–H and O–H groups in total. The van der Waals surface area contributed by atoms with Crippen LogP contribution in [0.15, 0.2) is 6.33 Å². The molecule has 1 aromatic heterocycles. The SMILES string of the molecule is CCNc1ncnc(NCC2(CO)CCCC2)c1CC. The predicted octanol–water partition coefficient (Wildman–Crippen LogP) is 2.44. The number of hydrogen-bond acceptors (Lipinski definition) is 5. The number of aliphatic hydroxyl groups excluding tert-OH is 1. The van der Waals surface area contributed by atoms with E-state index in [0.717, 1.165) is 49.6 Å². The maximum atomic E-state index is 9.67. The van der Waals surface area contributed by atoms with Crippen LogP contribution in [0.4, 0.5) is 11.6 Å². The van der Waals surface area contributed by atoms with E-state index in [1.807, 2.05) is 0 Å². The monoisotopic (exact) mass is 278 g/mol. The minimum absolute atomic E-state index is 0.0360. The first-order valence-electron chi connectivity index (χ1n) is 7.67. The third kappa shape index (κ3) is 3.20. The van der Waals surface area contributed by atoms with Gasteiger partial charge in [0, 0.05) is 24.1 Å². The van der Waals surface area contributed by atoms with E-state index < -0.39 is 0 Å². The van der Waals surface area contributed by atoms with Crippen LogP contribution in [-0.2, 0) is 6.42 Å². The van der Waals surface area contributed by atoms with Crippen LogP contribution in [0.25, 0.3) is 0 Å². The second-order valence-corrected chi connectivity index (χ2v) is 5.65. The molecule has 0 radical (unpaired) electrons. The molecule has 0 saturated heterocycles. The van der Waals surface area contributed by atoms with Gasteiger partial charge in [-0.25, -0.2) is 9.97 Å². The van der Waals surface area contributed by atoms with E-state index in [1.165, 1.54) is 12.8 Å². The van der Waals surface area contributed by atoms with Crippen molar-refractivity contribution in [1.29, 1.82) is 0 Å². The summed E-state index contributed by atoms with van der Waals surface area (Å²) in [6.45, 7) is 6.08. The van der Waals surface area contributed by atoms with Crippen molar-refractivity contribution < 1.29 is 5.11 Å². The third-order valence-electron chi connectivity index (χ3n) is 4.27. The maximum Gasteiger partial charge on any atom is 0.134 e. The van der Waals surface area contributed by atoms with E-state index in [0.29, 0.717) is 0 Å². The Hall–Kier alpha value is -1.36. The first-order chi connectivity index (χ1) is 9.74. The molecule has 1 saturated carbocycles. The lowest BCUT2D eigenvalue weighted by Gasteiger charge is -2.27. The number of rotatable bonds is 7. The lowest BCUT2D eigenvalue weighted by molar-refractivity contribution is 0.142. The molecule has 0 aromatic carbocycles. The van der Waals surface area contributed by atoms with Crippen LogP contribution in [0.2, 0.25) is 0 Å². The fraction of sp³-hybridized carbons (Fsp3) is 0.733. The van der Waals surface area contributed by atoms with Crippen LogP contribution >= 0.6 is 0 Å². The van der Waals surface area contributed by atoms with E-state index in [4.69, 9.17) is 0 Å². The summed E-state index contributed by atoms with van der Waals surface area (Å²) in [6, 6.07) is 0. The molecule has 1 heterocycles. The Bertz CT molecular complexity index is 430. The fourth-order valence-corrected chi connectivity index (χ4v) is 3.01. The van der Waals surface area contributed by atoms with Crippen molar-refractivity contribution in [2.24, 2.45) is 5.41 Å². The van der Waals surface area contributed by atoms with E-state index in [9.17, 15) is 5.11 Å². The topological polar surface area (TPSA) is 70.1 Å². The highest BCUT2D eigenvalue weighted by Crippen LogP contribution is 2.37. The van der Waals surface area contributed by atoms with Crippen LogP contribution in [0.3, 0.4) is 0 Å². The number of nitrogens with one attached hydrogen (secondary N) is 2. The zero-order valence-electron chi connectivity index (χ0n) is 12.6. The molecule has 112 valence electrons. The van der Waals surface area contributed by atoms with Crippen LogP contribution in [0.5, 0.6) is 0 Å². The fourth-order valence-electron chi connectivity index (χ4n) is 3.01. The smallest absolute Gasteiger partial charge is 0.134 e. The Kier molecular flexibility index (Phi) is 5.17. The number of nitrogens with zero attached hydrogens (tertiary/aromatic N) is 2. The normalized spacial score (nSPS) is 17.1. The minimum Gasteiger partial charge on any atom is -0.396 e. The molecule has 1 aromatic rings. The summed E-state index contributed by atoms with van der Waals surface area (Å²) < 4.78 is 0. The summed E-state index contributed by atoms with van der Waals surface area (Å²) in [5.74, 6) is 1.81. The molecular weight excluding hydrogens is 252 g/mol. The van der Waals surface area contributed by atoms with Gasteiger partial charge in [-0.15, -0.1) is 0 Å². The molecule has 1 aliphatic rings. The molecule has 5 nitrogen and oxygen atoms in total. The number of anilines is 2. The number of hydrogen-bond donors (Lipinski definition) is 3. The molecule has 20 heavy (non-hydrogen) atoms. The van der Waals surface area contributed by atoms with Gasteiger partial charge in [0.1, 0.15) is 18.0 Å². The first kappa shape index (κ1) is 15.0.